The minimum absolute atomic E-state index is 0.165. The van der Waals surface area contributed by atoms with Crippen LogP contribution in [0.1, 0.15) is 28.8 Å². The summed E-state index contributed by atoms with van der Waals surface area (Å²) in [7, 11) is 0. The number of nitrogens with one attached hydrogen (secondary N) is 3. The molecule has 0 unspecified atom stereocenters. The second-order valence-corrected chi connectivity index (χ2v) is 6.10. The number of aromatic nitrogens is 1. The molecule has 24 heavy (non-hydrogen) atoms. The summed E-state index contributed by atoms with van der Waals surface area (Å²) < 4.78 is 0. The first-order valence-corrected chi connectivity index (χ1v) is 7.93. The zero-order chi connectivity index (χ0) is 16.6. The fourth-order valence-electron chi connectivity index (χ4n) is 3.09. The molecule has 0 bridgehead atoms. The molecule has 0 aliphatic heterocycles. The van der Waals surface area contributed by atoms with Gasteiger partial charge in [-0.1, -0.05) is 48.5 Å². The van der Waals surface area contributed by atoms with Gasteiger partial charge < -0.3 is 4.98 Å². The Labute approximate surface area is 139 Å². The highest BCUT2D eigenvalue weighted by Crippen LogP contribution is 2.48. The van der Waals surface area contributed by atoms with Crippen molar-refractivity contribution in [2.24, 2.45) is 0 Å². The van der Waals surface area contributed by atoms with Crippen molar-refractivity contribution in [1.29, 1.82) is 0 Å². The topological polar surface area (TPSA) is 74.0 Å². The number of fused-ring (bicyclic) bond motifs is 1. The molecule has 1 aliphatic carbocycles. The molecule has 2 amide bonds. The van der Waals surface area contributed by atoms with Crippen molar-refractivity contribution < 1.29 is 9.59 Å². The van der Waals surface area contributed by atoms with Gasteiger partial charge in [0.2, 0.25) is 5.91 Å². The summed E-state index contributed by atoms with van der Waals surface area (Å²) in [6.45, 7) is 0. The molecule has 0 radical (unpaired) electrons. The van der Waals surface area contributed by atoms with E-state index in [0.29, 0.717) is 5.56 Å². The molecule has 5 nitrogen and oxygen atoms in total. The van der Waals surface area contributed by atoms with Gasteiger partial charge in [-0.25, -0.2) is 0 Å². The SMILES string of the molecule is O=C(NNC(=O)C1(c2ccccc2)CC1)c1c[nH]c2ccccc12. The highest BCUT2D eigenvalue weighted by atomic mass is 16.2. The van der Waals surface area contributed by atoms with E-state index in [4.69, 9.17) is 0 Å². The molecule has 0 saturated heterocycles. The van der Waals surface area contributed by atoms with Crippen molar-refractivity contribution >= 4 is 22.7 Å². The van der Waals surface area contributed by atoms with Crippen molar-refractivity contribution in [1.82, 2.24) is 15.8 Å². The van der Waals surface area contributed by atoms with E-state index >= 15 is 0 Å². The van der Waals surface area contributed by atoms with E-state index in [0.717, 1.165) is 29.3 Å². The Kier molecular flexibility index (Phi) is 3.34. The molecule has 4 rings (SSSR count). The zero-order valence-electron chi connectivity index (χ0n) is 13.0. The van der Waals surface area contributed by atoms with Crippen LogP contribution in [0.15, 0.2) is 60.8 Å². The monoisotopic (exact) mass is 319 g/mol. The summed E-state index contributed by atoms with van der Waals surface area (Å²) >= 11 is 0. The minimum Gasteiger partial charge on any atom is -0.360 e. The number of para-hydroxylation sites is 1. The van der Waals surface area contributed by atoms with E-state index in [1.807, 2.05) is 54.6 Å². The van der Waals surface area contributed by atoms with Crippen LogP contribution in [0.4, 0.5) is 0 Å². The first kappa shape index (κ1) is 14.5. The Hall–Kier alpha value is -3.08. The number of hydrazine groups is 1. The fraction of sp³-hybridized carbons (Fsp3) is 0.158. The summed E-state index contributed by atoms with van der Waals surface area (Å²) in [4.78, 5) is 27.9. The average Bonchev–Trinajstić information content (AvgIpc) is 3.33. The summed E-state index contributed by atoms with van der Waals surface area (Å²) in [5, 5.41) is 0.827. The van der Waals surface area contributed by atoms with Gasteiger partial charge >= 0.3 is 0 Å². The van der Waals surface area contributed by atoms with E-state index < -0.39 is 5.41 Å². The molecule has 3 N–H and O–H groups in total. The molecule has 2 aromatic carbocycles. The Morgan fingerprint density at radius 2 is 1.62 bits per heavy atom. The van der Waals surface area contributed by atoms with Crippen molar-refractivity contribution in [2.75, 3.05) is 0 Å². The number of carbonyl (C=O) groups excluding carboxylic acids is 2. The Morgan fingerprint density at radius 1 is 0.917 bits per heavy atom. The molecule has 1 aromatic heterocycles. The molecule has 0 spiro atoms. The number of aromatic amines is 1. The standard InChI is InChI=1S/C19H17N3O2/c23-17(15-12-20-16-9-5-4-8-14(15)16)21-22-18(24)19(10-11-19)13-6-2-1-3-7-13/h1-9,12,20H,10-11H2,(H,21,23)(H,22,24). The van der Waals surface area contributed by atoms with Gasteiger partial charge in [0.25, 0.3) is 5.91 Å². The van der Waals surface area contributed by atoms with Crippen LogP contribution in [0.2, 0.25) is 0 Å². The maximum atomic E-state index is 12.5. The number of amides is 2. The van der Waals surface area contributed by atoms with Gasteiger partial charge in [-0.15, -0.1) is 0 Å². The van der Waals surface area contributed by atoms with Crippen LogP contribution in [0.25, 0.3) is 10.9 Å². The lowest BCUT2D eigenvalue weighted by Gasteiger charge is -2.16. The molecular weight excluding hydrogens is 302 g/mol. The van der Waals surface area contributed by atoms with Crippen LogP contribution < -0.4 is 10.9 Å². The molecular formula is C19H17N3O2. The predicted octanol–water partition coefficient (Wildman–Crippen LogP) is 2.66. The Balaban J connectivity index is 1.47. The average molecular weight is 319 g/mol. The third-order valence-electron chi connectivity index (χ3n) is 4.63. The number of rotatable bonds is 3. The summed E-state index contributed by atoms with van der Waals surface area (Å²) in [5.74, 6) is -0.494. The number of hydrogen-bond acceptors (Lipinski definition) is 2. The highest BCUT2D eigenvalue weighted by Gasteiger charge is 2.51. The fourth-order valence-corrected chi connectivity index (χ4v) is 3.09. The lowest BCUT2D eigenvalue weighted by molar-refractivity contribution is -0.124. The van der Waals surface area contributed by atoms with Gasteiger partial charge in [-0.2, -0.15) is 0 Å². The maximum Gasteiger partial charge on any atom is 0.271 e. The number of H-pyrrole nitrogens is 1. The van der Waals surface area contributed by atoms with Crippen LogP contribution in [0, 0.1) is 0 Å². The first-order valence-electron chi connectivity index (χ1n) is 7.93. The molecule has 3 aromatic rings. The largest absolute Gasteiger partial charge is 0.360 e. The van der Waals surface area contributed by atoms with Crippen LogP contribution in [-0.2, 0) is 10.2 Å². The summed E-state index contributed by atoms with van der Waals surface area (Å²) in [6, 6.07) is 17.2. The quantitative estimate of drug-likeness (QED) is 0.649. The van der Waals surface area contributed by atoms with E-state index in [-0.39, 0.29) is 11.8 Å². The van der Waals surface area contributed by atoms with Crippen LogP contribution in [0.5, 0.6) is 0 Å². The summed E-state index contributed by atoms with van der Waals surface area (Å²) in [5.41, 5.74) is 7.00. The van der Waals surface area contributed by atoms with Crippen LogP contribution in [0.3, 0.4) is 0 Å². The third kappa shape index (κ3) is 2.34. The lowest BCUT2D eigenvalue weighted by Crippen LogP contribution is -2.46. The van der Waals surface area contributed by atoms with Crippen molar-refractivity contribution in [2.45, 2.75) is 18.3 Å². The second-order valence-electron chi connectivity index (χ2n) is 6.10. The third-order valence-corrected chi connectivity index (χ3v) is 4.63. The highest BCUT2D eigenvalue weighted by molar-refractivity contribution is 6.07. The van der Waals surface area contributed by atoms with E-state index in [1.165, 1.54) is 0 Å². The van der Waals surface area contributed by atoms with Gasteiger partial charge in [0.05, 0.1) is 11.0 Å². The van der Waals surface area contributed by atoms with Crippen LogP contribution >= 0.6 is 0 Å². The molecule has 1 heterocycles. The first-order chi connectivity index (χ1) is 11.7. The second kappa shape index (κ2) is 5.53. The molecule has 120 valence electrons. The normalized spacial score (nSPS) is 15.0. The molecule has 0 atom stereocenters. The maximum absolute atomic E-state index is 12.5. The van der Waals surface area contributed by atoms with E-state index in [2.05, 4.69) is 15.8 Å². The van der Waals surface area contributed by atoms with E-state index in [1.54, 1.807) is 6.20 Å². The van der Waals surface area contributed by atoms with Gasteiger partial charge in [-0.3, -0.25) is 20.4 Å². The lowest BCUT2D eigenvalue weighted by atomic mass is 9.95. The molecule has 1 aliphatic rings. The van der Waals surface area contributed by atoms with Gasteiger partial charge in [0.15, 0.2) is 0 Å². The Morgan fingerprint density at radius 3 is 2.38 bits per heavy atom. The van der Waals surface area contributed by atoms with Gasteiger partial charge in [0, 0.05) is 17.1 Å². The molecule has 1 saturated carbocycles. The summed E-state index contributed by atoms with van der Waals surface area (Å²) in [6.07, 6.45) is 3.24. The molecule has 1 fully saturated rings. The molecule has 5 heteroatoms. The predicted molar refractivity (Wildman–Crippen MR) is 91.3 cm³/mol. The number of benzene rings is 2. The van der Waals surface area contributed by atoms with E-state index in [9.17, 15) is 9.59 Å². The zero-order valence-corrected chi connectivity index (χ0v) is 13.0. The Bertz CT molecular complexity index is 911. The van der Waals surface area contributed by atoms with Crippen molar-refractivity contribution in [3.05, 3.63) is 71.9 Å². The number of hydrogen-bond donors (Lipinski definition) is 3. The van der Waals surface area contributed by atoms with Gasteiger partial charge in [-0.05, 0) is 24.5 Å². The van der Waals surface area contributed by atoms with Crippen molar-refractivity contribution in [3.63, 3.8) is 0 Å². The van der Waals surface area contributed by atoms with Crippen LogP contribution in [-0.4, -0.2) is 16.8 Å². The van der Waals surface area contributed by atoms with Crippen molar-refractivity contribution in [3.8, 4) is 0 Å². The smallest absolute Gasteiger partial charge is 0.271 e. The number of carbonyl (C=O) groups is 2. The van der Waals surface area contributed by atoms with Gasteiger partial charge in [0.1, 0.15) is 0 Å². The minimum atomic E-state index is -0.505.